The Labute approximate surface area is 178 Å². The Morgan fingerprint density at radius 3 is 2.57 bits per heavy atom. The first-order valence-electron chi connectivity index (χ1n) is 9.44. The van der Waals surface area contributed by atoms with Crippen LogP contribution in [-0.2, 0) is 22.4 Å². The summed E-state index contributed by atoms with van der Waals surface area (Å²) < 4.78 is 5.37. The average molecular weight is 423 g/mol. The maximum Gasteiger partial charge on any atom is 0.304 e. The molecule has 0 bridgehead atoms. The van der Waals surface area contributed by atoms with Crippen molar-refractivity contribution in [2.75, 3.05) is 19.1 Å². The third-order valence-corrected chi connectivity index (χ3v) is 6.40. The monoisotopic (exact) mass is 423 g/mol. The first kappa shape index (κ1) is 20.0. The summed E-state index contributed by atoms with van der Waals surface area (Å²) in [5.41, 5.74) is 2.43. The van der Waals surface area contributed by atoms with E-state index in [1.807, 2.05) is 29.6 Å². The molecule has 1 aromatic carbocycles. The van der Waals surface area contributed by atoms with E-state index in [0.717, 1.165) is 16.7 Å². The first-order chi connectivity index (χ1) is 14.4. The van der Waals surface area contributed by atoms with Crippen LogP contribution in [0.25, 0.3) is 11.3 Å². The van der Waals surface area contributed by atoms with Crippen LogP contribution in [0, 0.1) is 5.41 Å². The van der Waals surface area contributed by atoms with Crippen LogP contribution in [0.1, 0.15) is 17.5 Å². The molecule has 0 saturated heterocycles. The minimum Gasteiger partial charge on any atom is -0.496 e. The second kappa shape index (κ2) is 7.87. The minimum absolute atomic E-state index is 0.223. The maximum atomic E-state index is 13.5. The highest BCUT2D eigenvalue weighted by atomic mass is 32.1. The van der Waals surface area contributed by atoms with Crippen molar-refractivity contribution in [2.24, 2.45) is 5.41 Å². The summed E-state index contributed by atoms with van der Waals surface area (Å²) in [6.45, 7) is 0. The molecule has 0 saturated carbocycles. The number of carboxylic acids is 1. The standard InChI is InChI=1S/C22H21N3O4S/c1-25(21-24-17(13-30-21)16-12-23-8-7-18(16)29-2)20(28)22(11-19(26)27)9-14-5-3-4-6-15(14)10-22/h3-8,12-13H,9-11H2,1-2H3,(H,26,27). The zero-order valence-electron chi connectivity index (χ0n) is 16.7. The number of rotatable bonds is 6. The number of pyridine rings is 1. The molecule has 0 aliphatic heterocycles. The summed E-state index contributed by atoms with van der Waals surface area (Å²) in [4.78, 5) is 35.4. The molecule has 1 aliphatic rings. The summed E-state index contributed by atoms with van der Waals surface area (Å²) in [5, 5.41) is 11.9. The fourth-order valence-electron chi connectivity index (χ4n) is 4.07. The number of hydrogen-bond acceptors (Lipinski definition) is 6. The summed E-state index contributed by atoms with van der Waals surface area (Å²) in [6.07, 6.45) is 3.90. The number of ether oxygens (including phenoxy) is 1. The Hall–Kier alpha value is -3.26. The highest BCUT2D eigenvalue weighted by Crippen LogP contribution is 2.42. The van der Waals surface area contributed by atoms with Gasteiger partial charge in [0, 0.05) is 24.8 Å². The van der Waals surface area contributed by atoms with Crippen molar-refractivity contribution in [1.29, 1.82) is 0 Å². The van der Waals surface area contributed by atoms with E-state index in [2.05, 4.69) is 9.97 Å². The fraction of sp³-hybridized carbons (Fsp3) is 0.273. The lowest BCUT2D eigenvalue weighted by atomic mass is 9.80. The van der Waals surface area contributed by atoms with Gasteiger partial charge in [-0.1, -0.05) is 24.3 Å². The molecular formula is C22H21N3O4S. The lowest BCUT2D eigenvalue weighted by molar-refractivity contribution is -0.144. The van der Waals surface area contributed by atoms with Crippen molar-refractivity contribution in [3.63, 3.8) is 0 Å². The molecule has 8 heteroatoms. The number of benzene rings is 1. The number of hydrogen-bond donors (Lipinski definition) is 1. The molecule has 0 unspecified atom stereocenters. The van der Waals surface area contributed by atoms with Crippen LogP contribution in [0.3, 0.4) is 0 Å². The van der Waals surface area contributed by atoms with E-state index in [4.69, 9.17) is 4.74 Å². The van der Waals surface area contributed by atoms with E-state index >= 15 is 0 Å². The number of carboxylic acid groups (broad SMARTS) is 1. The maximum absolute atomic E-state index is 13.5. The number of thiazole rings is 1. The summed E-state index contributed by atoms with van der Waals surface area (Å²) >= 11 is 1.32. The van der Waals surface area contributed by atoms with Gasteiger partial charge < -0.3 is 9.84 Å². The van der Waals surface area contributed by atoms with Gasteiger partial charge in [-0.25, -0.2) is 4.98 Å². The van der Waals surface area contributed by atoms with E-state index < -0.39 is 11.4 Å². The van der Waals surface area contributed by atoms with Gasteiger partial charge in [-0.3, -0.25) is 19.5 Å². The molecule has 0 spiro atoms. The lowest BCUT2D eigenvalue weighted by Crippen LogP contribution is -2.44. The quantitative estimate of drug-likeness (QED) is 0.653. The number of amides is 1. The van der Waals surface area contributed by atoms with E-state index in [1.54, 1.807) is 32.6 Å². The lowest BCUT2D eigenvalue weighted by Gasteiger charge is -2.30. The second-order valence-electron chi connectivity index (χ2n) is 7.43. The molecular weight excluding hydrogens is 402 g/mol. The number of aromatic nitrogens is 2. The Balaban J connectivity index is 1.64. The highest BCUT2D eigenvalue weighted by molar-refractivity contribution is 7.14. The Bertz CT molecular complexity index is 1090. The van der Waals surface area contributed by atoms with E-state index in [9.17, 15) is 14.7 Å². The number of aliphatic carboxylic acids is 1. The average Bonchev–Trinajstić information content (AvgIpc) is 3.37. The van der Waals surface area contributed by atoms with E-state index in [0.29, 0.717) is 29.4 Å². The van der Waals surface area contributed by atoms with E-state index in [-0.39, 0.29) is 12.3 Å². The largest absolute Gasteiger partial charge is 0.496 e. The third-order valence-electron chi connectivity index (χ3n) is 5.48. The number of methoxy groups -OCH3 is 1. The third kappa shape index (κ3) is 3.54. The molecule has 2 heterocycles. The van der Waals surface area contributed by atoms with Crippen molar-refractivity contribution < 1.29 is 19.4 Å². The molecule has 3 aromatic rings. The van der Waals surface area contributed by atoms with Gasteiger partial charge in [0.1, 0.15) is 5.75 Å². The van der Waals surface area contributed by atoms with Crippen LogP contribution in [0.5, 0.6) is 5.75 Å². The van der Waals surface area contributed by atoms with Gasteiger partial charge in [0.25, 0.3) is 0 Å². The number of carbonyl (C=O) groups excluding carboxylic acids is 1. The molecule has 1 amide bonds. The number of anilines is 1. The SMILES string of the molecule is COc1ccncc1-c1csc(N(C)C(=O)C2(CC(=O)O)Cc3ccccc3C2)n1. The smallest absolute Gasteiger partial charge is 0.304 e. The minimum atomic E-state index is -1.01. The van der Waals surface area contributed by atoms with Crippen molar-refractivity contribution >= 4 is 28.3 Å². The van der Waals surface area contributed by atoms with Gasteiger partial charge >= 0.3 is 5.97 Å². The molecule has 2 aromatic heterocycles. The van der Waals surface area contributed by atoms with Crippen molar-refractivity contribution in [1.82, 2.24) is 9.97 Å². The van der Waals surface area contributed by atoms with Crippen LogP contribution in [0.15, 0.2) is 48.1 Å². The molecule has 1 N–H and O–H groups in total. The summed E-state index contributed by atoms with van der Waals surface area (Å²) in [5.74, 6) is -0.575. The van der Waals surface area contributed by atoms with E-state index in [1.165, 1.54) is 16.2 Å². The number of fused-ring (bicyclic) bond motifs is 1. The van der Waals surface area contributed by atoms with Gasteiger partial charge in [-0.2, -0.15) is 0 Å². The molecule has 0 atom stereocenters. The normalized spacial score (nSPS) is 14.2. The zero-order valence-corrected chi connectivity index (χ0v) is 17.5. The molecule has 154 valence electrons. The molecule has 0 fully saturated rings. The first-order valence-corrected chi connectivity index (χ1v) is 10.3. The van der Waals surface area contributed by atoms with Crippen molar-refractivity contribution in [3.8, 4) is 17.0 Å². The Kier molecular flexibility index (Phi) is 5.26. The molecule has 7 nitrogen and oxygen atoms in total. The molecule has 1 aliphatic carbocycles. The fourth-order valence-corrected chi connectivity index (χ4v) is 4.86. The van der Waals surface area contributed by atoms with Crippen LogP contribution in [0.4, 0.5) is 5.13 Å². The van der Waals surface area contributed by atoms with Gasteiger partial charge in [0.05, 0.1) is 30.2 Å². The molecule has 4 rings (SSSR count). The second-order valence-corrected chi connectivity index (χ2v) is 8.27. The number of carbonyl (C=O) groups is 2. The van der Waals surface area contributed by atoms with Gasteiger partial charge in [-0.15, -0.1) is 11.3 Å². The van der Waals surface area contributed by atoms with Crippen LogP contribution < -0.4 is 9.64 Å². The van der Waals surface area contributed by atoms with Gasteiger partial charge in [-0.05, 0) is 30.0 Å². The Morgan fingerprint density at radius 2 is 1.93 bits per heavy atom. The van der Waals surface area contributed by atoms with Crippen LogP contribution >= 0.6 is 11.3 Å². The van der Waals surface area contributed by atoms with Gasteiger partial charge in [0.2, 0.25) is 5.91 Å². The van der Waals surface area contributed by atoms with Crippen LogP contribution in [-0.4, -0.2) is 41.1 Å². The predicted octanol–water partition coefficient (Wildman–Crippen LogP) is 3.44. The van der Waals surface area contributed by atoms with Crippen LogP contribution in [0.2, 0.25) is 0 Å². The van der Waals surface area contributed by atoms with Gasteiger partial charge in [0.15, 0.2) is 5.13 Å². The summed E-state index contributed by atoms with van der Waals surface area (Å²) in [6, 6.07) is 9.50. The Morgan fingerprint density at radius 1 is 1.23 bits per heavy atom. The summed E-state index contributed by atoms with van der Waals surface area (Å²) in [7, 11) is 3.23. The number of nitrogens with zero attached hydrogens (tertiary/aromatic N) is 3. The predicted molar refractivity (Wildman–Crippen MR) is 114 cm³/mol. The van der Waals surface area contributed by atoms with Crippen molar-refractivity contribution in [3.05, 3.63) is 59.2 Å². The molecule has 30 heavy (non-hydrogen) atoms. The molecule has 0 radical (unpaired) electrons. The zero-order chi connectivity index (χ0) is 21.3. The van der Waals surface area contributed by atoms with Crippen molar-refractivity contribution in [2.45, 2.75) is 19.3 Å². The topological polar surface area (TPSA) is 92.6 Å². The highest BCUT2D eigenvalue weighted by Gasteiger charge is 2.47.